The Morgan fingerprint density at radius 2 is 1.89 bits per heavy atom. The Morgan fingerprint density at radius 1 is 1.09 bits per heavy atom. The van der Waals surface area contributed by atoms with Gasteiger partial charge in [-0.05, 0) is 48.2 Å². The molecular weight excluding hydrogens is 491 g/mol. The topological polar surface area (TPSA) is 108 Å². The predicted octanol–water partition coefficient (Wildman–Crippen LogP) is 2.94. The highest BCUT2D eigenvalue weighted by Crippen LogP contribution is 2.33. The van der Waals surface area contributed by atoms with Crippen molar-refractivity contribution in [3.8, 4) is 0 Å². The summed E-state index contributed by atoms with van der Waals surface area (Å²) in [5.41, 5.74) is 2.31. The first-order valence-corrected chi connectivity index (χ1v) is 12.0. The first-order valence-electron chi connectivity index (χ1n) is 11.3. The van der Waals surface area contributed by atoms with E-state index in [0.717, 1.165) is 17.5 Å². The Kier molecular flexibility index (Phi) is 8.07. The van der Waals surface area contributed by atoms with E-state index >= 15 is 0 Å². The molecule has 0 bridgehead atoms. The summed E-state index contributed by atoms with van der Waals surface area (Å²) >= 11 is 12.3. The summed E-state index contributed by atoms with van der Waals surface area (Å²) in [6.07, 6.45) is -0.587. The van der Waals surface area contributed by atoms with Gasteiger partial charge < -0.3 is 20.4 Å². The van der Waals surface area contributed by atoms with E-state index < -0.39 is 24.0 Å². The summed E-state index contributed by atoms with van der Waals surface area (Å²) in [5.74, 6) is -1.55. The van der Waals surface area contributed by atoms with Crippen LogP contribution in [0.1, 0.15) is 35.7 Å². The number of nitrogens with one attached hydrogen (secondary N) is 1. The van der Waals surface area contributed by atoms with Gasteiger partial charge in [0, 0.05) is 22.8 Å². The third kappa shape index (κ3) is 6.02. The maximum atomic E-state index is 12.9. The number of amides is 2. The monoisotopic (exact) mass is 516 g/mol. The summed E-state index contributed by atoms with van der Waals surface area (Å²) < 4.78 is 1.68. The molecule has 3 aromatic rings. The van der Waals surface area contributed by atoms with Crippen LogP contribution < -0.4 is 5.32 Å². The first-order chi connectivity index (χ1) is 16.8. The Hall–Kier alpha value is -2.91. The van der Waals surface area contributed by atoms with E-state index in [1.54, 1.807) is 41.2 Å². The molecule has 4 rings (SSSR count). The van der Waals surface area contributed by atoms with Gasteiger partial charge in [0.25, 0.3) is 11.8 Å². The molecule has 1 aliphatic rings. The van der Waals surface area contributed by atoms with Crippen molar-refractivity contribution in [1.82, 2.24) is 20.0 Å². The molecule has 8 nitrogen and oxygen atoms in total. The average molecular weight is 517 g/mol. The van der Waals surface area contributed by atoms with E-state index in [1.807, 2.05) is 24.3 Å². The van der Waals surface area contributed by atoms with Crippen LogP contribution in [-0.2, 0) is 22.7 Å². The number of benzene rings is 2. The standard InChI is InChI=1S/C25H26Cl2N4O4/c26-18-7-3-6-16(13-18)21-9-4-11-31(21)25(35)23(33)22(32)24(34)28-14-19-10-12-30(29-19)15-17-5-1-2-8-20(17)27/h1-3,5-8,10,12-13,21-23,32-33H,4,9,11,14-15H2,(H,28,34)/t21-,22-,23-/m1/s1. The Balaban J connectivity index is 1.32. The van der Waals surface area contributed by atoms with Crippen molar-refractivity contribution in [1.29, 1.82) is 0 Å². The van der Waals surface area contributed by atoms with Gasteiger partial charge in [-0.25, -0.2) is 0 Å². The van der Waals surface area contributed by atoms with Gasteiger partial charge in [0.1, 0.15) is 0 Å². The summed E-state index contributed by atoms with van der Waals surface area (Å²) in [6, 6.07) is 16.1. The Morgan fingerprint density at radius 3 is 2.66 bits per heavy atom. The van der Waals surface area contributed by atoms with Gasteiger partial charge in [0.2, 0.25) is 0 Å². The maximum Gasteiger partial charge on any atom is 0.255 e. The van der Waals surface area contributed by atoms with E-state index in [-0.39, 0.29) is 12.6 Å². The molecule has 0 saturated carbocycles. The van der Waals surface area contributed by atoms with Crippen molar-refractivity contribution in [2.45, 2.75) is 44.2 Å². The lowest BCUT2D eigenvalue weighted by atomic mass is 10.0. The molecule has 2 aromatic carbocycles. The van der Waals surface area contributed by atoms with Crippen LogP contribution in [0.15, 0.2) is 60.8 Å². The number of likely N-dealkylation sites (tertiary alicyclic amines) is 1. The third-order valence-electron chi connectivity index (χ3n) is 6.02. The quantitative estimate of drug-likeness (QED) is 0.426. The lowest BCUT2D eigenvalue weighted by Gasteiger charge is -2.28. The number of carbonyl (C=O) groups excluding carboxylic acids is 2. The molecule has 10 heteroatoms. The van der Waals surface area contributed by atoms with Crippen molar-refractivity contribution >= 4 is 35.0 Å². The molecule has 3 atom stereocenters. The number of hydrogen-bond acceptors (Lipinski definition) is 5. The molecule has 1 fully saturated rings. The molecule has 1 saturated heterocycles. The lowest BCUT2D eigenvalue weighted by molar-refractivity contribution is -0.153. The minimum atomic E-state index is -1.91. The average Bonchev–Trinajstić information content (AvgIpc) is 3.52. The van der Waals surface area contributed by atoms with Gasteiger partial charge in [0.15, 0.2) is 12.2 Å². The molecular formula is C25H26Cl2N4O4. The fourth-order valence-electron chi connectivity index (χ4n) is 4.21. The minimum Gasteiger partial charge on any atom is -0.380 e. The van der Waals surface area contributed by atoms with Crippen molar-refractivity contribution in [2.75, 3.05) is 6.54 Å². The van der Waals surface area contributed by atoms with Gasteiger partial charge in [-0.2, -0.15) is 5.10 Å². The van der Waals surface area contributed by atoms with Crippen molar-refractivity contribution in [2.24, 2.45) is 0 Å². The number of aliphatic hydroxyl groups is 2. The SMILES string of the molecule is O=C(NCc1ccn(Cc2ccccc2Cl)n1)[C@H](O)[C@@H](O)C(=O)N1CCC[C@@H]1c1cccc(Cl)c1. The fourth-order valence-corrected chi connectivity index (χ4v) is 4.60. The normalized spacial score (nSPS) is 17.3. The third-order valence-corrected chi connectivity index (χ3v) is 6.62. The number of aromatic nitrogens is 2. The first kappa shape index (κ1) is 25.2. The van der Waals surface area contributed by atoms with Crippen LogP contribution in [-0.4, -0.2) is 55.5 Å². The smallest absolute Gasteiger partial charge is 0.255 e. The summed E-state index contributed by atoms with van der Waals surface area (Å²) in [7, 11) is 0. The number of hydrogen-bond donors (Lipinski definition) is 3. The highest BCUT2D eigenvalue weighted by atomic mass is 35.5. The largest absolute Gasteiger partial charge is 0.380 e. The van der Waals surface area contributed by atoms with Crippen LogP contribution in [0.3, 0.4) is 0 Å². The van der Waals surface area contributed by atoms with E-state index in [4.69, 9.17) is 23.2 Å². The second-order valence-corrected chi connectivity index (χ2v) is 9.29. The predicted molar refractivity (Wildman–Crippen MR) is 132 cm³/mol. The highest BCUT2D eigenvalue weighted by molar-refractivity contribution is 6.31. The summed E-state index contributed by atoms with van der Waals surface area (Å²) in [6.45, 7) is 0.915. The molecule has 0 spiro atoms. The van der Waals surface area contributed by atoms with Crippen LogP contribution in [0, 0.1) is 0 Å². The Bertz CT molecular complexity index is 1200. The van der Waals surface area contributed by atoms with Gasteiger partial charge in [0.05, 0.1) is 24.8 Å². The molecule has 2 amide bonds. The van der Waals surface area contributed by atoms with E-state index in [1.165, 1.54) is 4.90 Å². The van der Waals surface area contributed by atoms with Crippen LogP contribution >= 0.6 is 23.2 Å². The number of aliphatic hydroxyl groups excluding tert-OH is 2. The van der Waals surface area contributed by atoms with Gasteiger partial charge in [-0.3, -0.25) is 14.3 Å². The second kappa shape index (κ2) is 11.2. The van der Waals surface area contributed by atoms with E-state index in [2.05, 4.69) is 10.4 Å². The maximum absolute atomic E-state index is 12.9. The molecule has 0 radical (unpaired) electrons. The van der Waals surface area contributed by atoms with Gasteiger partial charge in [-0.1, -0.05) is 53.5 Å². The summed E-state index contributed by atoms with van der Waals surface area (Å²) in [5, 5.41) is 28.9. The number of carbonyl (C=O) groups is 2. The van der Waals surface area contributed by atoms with Crippen LogP contribution in [0.4, 0.5) is 0 Å². The number of nitrogens with zero attached hydrogens (tertiary/aromatic N) is 3. The molecule has 1 aromatic heterocycles. The van der Waals surface area contributed by atoms with Crippen LogP contribution in [0.25, 0.3) is 0 Å². The number of rotatable bonds is 8. The molecule has 2 heterocycles. The van der Waals surface area contributed by atoms with Crippen LogP contribution in [0.2, 0.25) is 10.0 Å². The molecule has 1 aliphatic heterocycles. The fraction of sp³-hybridized carbons (Fsp3) is 0.320. The van der Waals surface area contributed by atoms with Gasteiger partial charge in [-0.15, -0.1) is 0 Å². The number of halogens is 2. The van der Waals surface area contributed by atoms with Gasteiger partial charge >= 0.3 is 0 Å². The van der Waals surface area contributed by atoms with Crippen LogP contribution in [0.5, 0.6) is 0 Å². The Labute approximate surface area is 213 Å². The minimum absolute atomic E-state index is 0.0289. The molecule has 35 heavy (non-hydrogen) atoms. The molecule has 3 N–H and O–H groups in total. The van der Waals surface area contributed by atoms with E-state index in [0.29, 0.717) is 35.2 Å². The molecule has 184 valence electrons. The second-order valence-electron chi connectivity index (χ2n) is 8.45. The molecule has 0 unspecified atom stereocenters. The highest BCUT2D eigenvalue weighted by Gasteiger charge is 2.38. The van der Waals surface area contributed by atoms with Crippen molar-refractivity contribution in [3.05, 3.63) is 87.7 Å². The zero-order valence-electron chi connectivity index (χ0n) is 18.8. The van der Waals surface area contributed by atoms with Crippen molar-refractivity contribution < 1.29 is 19.8 Å². The summed E-state index contributed by atoms with van der Waals surface area (Å²) in [4.78, 5) is 26.9. The van der Waals surface area contributed by atoms with Crippen molar-refractivity contribution in [3.63, 3.8) is 0 Å². The van der Waals surface area contributed by atoms with E-state index in [9.17, 15) is 19.8 Å². The zero-order valence-corrected chi connectivity index (χ0v) is 20.4. The zero-order chi connectivity index (χ0) is 24.9. The lowest BCUT2D eigenvalue weighted by Crippen LogP contribution is -2.50. The molecule has 0 aliphatic carbocycles.